The summed E-state index contributed by atoms with van der Waals surface area (Å²) >= 11 is 6.19. The van der Waals surface area contributed by atoms with E-state index in [0.29, 0.717) is 17.5 Å². The summed E-state index contributed by atoms with van der Waals surface area (Å²) < 4.78 is 5.94. The zero-order valence-electron chi connectivity index (χ0n) is 21.0. The van der Waals surface area contributed by atoms with Crippen molar-refractivity contribution in [2.45, 2.75) is 38.8 Å². The molecule has 186 valence electrons. The molecule has 2 atom stereocenters. The van der Waals surface area contributed by atoms with Crippen LogP contribution in [0, 0.1) is 0 Å². The van der Waals surface area contributed by atoms with E-state index in [9.17, 15) is 4.79 Å². The van der Waals surface area contributed by atoms with Crippen molar-refractivity contribution in [3.8, 4) is 0 Å². The smallest absolute Gasteiger partial charge is 0.220 e. The third-order valence-electron chi connectivity index (χ3n) is 6.89. The number of fused-ring (bicyclic) bond motifs is 2. The maximum absolute atomic E-state index is 12.8. The summed E-state index contributed by atoms with van der Waals surface area (Å²) in [5.74, 6) is 0.569. The second kappa shape index (κ2) is 11.0. The van der Waals surface area contributed by atoms with E-state index in [2.05, 4.69) is 66.5 Å². The van der Waals surface area contributed by atoms with Crippen molar-refractivity contribution in [2.75, 3.05) is 0 Å². The average Bonchev–Trinajstić information content (AvgIpc) is 3.33. The Bertz CT molecular complexity index is 1520. The minimum Gasteiger partial charge on any atom is -0.439 e. The Balaban J connectivity index is 1.41. The highest BCUT2D eigenvalue weighted by Gasteiger charge is 2.27. The van der Waals surface area contributed by atoms with Crippen molar-refractivity contribution in [1.29, 1.82) is 0 Å². The van der Waals surface area contributed by atoms with Gasteiger partial charge in [-0.3, -0.25) is 4.79 Å². The van der Waals surface area contributed by atoms with Gasteiger partial charge in [-0.15, -0.1) is 0 Å². The molecule has 0 saturated carbocycles. The largest absolute Gasteiger partial charge is 0.439 e. The summed E-state index contributed by atoms with van der Waals surface area (Å²) in [6.07, 6.45) is 5.10. The van der Waals surface area contributed by atoms with Gasteiger partial charge in [-0.25, -0.2) is 4.98 Å². The molecule has 0 bridgehead atoms. The van der Waals surface area contributed by atoms with Crippen LogP contribution in [0.4, 0.5) is 0 Å². The zero-order valence-corrected chi connectivity index (χ0v) is 21.7. The molecule has 5 aromatic rings. The summed E-state index contributed by atoms with van der Waals surface area (Å²) in [6, 6.07) is 30.3. The lowest BCUT2D eigenvalue weighted by Gasteiger charge is -2.33. The number of carbonyl (C=O) groups excluding carboxylic acids is 1. The van der Waals surface area contributed by atoms with Crippen LogP contribution in [0.25, 0.3) is 27.9 Å². The molecule has 1 aromatic heterocycles. The van der Waals surface area contributed by atoms with E-state index < -0.39 is 0 Å². The summed E-state index contributed by atoms with van der Waals surface area (Å²) in [5, 5.41) is 3.13. The van der Waals surface area contributed by atoms with Crippen molar-refractivity contribution in [1.82, 2.24) is 9.88 Å². The molecule has 0 aliphatic carbocycles. The standard InChI is InChI=1S/C32H29ClN2O2/c1-22(35(23(2)36)21-32-34-30-12-5-6-13-31(30)37-32)29(26-16-18-28(33)19-17-26)11-7-8-24-14-15-25-9-3-4-10-27(25)20-24/h3-10,12-20,22,29H,11,21H2,1-2H3. The van der Waals surface area contributed by atoms with E-state index >= 15 is 0 Å². The second-order valence-electron chi connectivity index (χ2n) is 9.37. The van der Waals surface area contributed by atoms with Crippen LogP contribution in [-0.4, -0.2) is 21.8 Å². The number of aromatic nitrogens is 1. The lowest BCUT2D eigenvalue weighted by Crippen LogP contribution is -2.40. The molecular weight excluding hydrogens is 480 g/mol. The van der Waals surface area contributed by atoms with E-state index in [1.807, 2.05) is 53.4 Å². The van der Waals surface area contributed by atoms with E-state index in [0.717, 1.165) is 28.6 Å². The molecule has 37 heavy (non-hydrogen) atoms. The van der Waals surface area contributed by atoms with Gasteiger partial charge in [0, 0.05) is 23.9 Å². The van der Waals surface area contributed by atoms with Crippen LogP contribution in [0.5, 0.6) is 0 Å². The summed E-state index contributed by atoms with van der Waals surface area (Å²) in [6.45, 7) is 4.00. The van der Waals surface area contributed by atoms with Gasteiger partial charge in [-0.05, 0) is 65.6 Å². The molecule has 0 fully saturated rings. The number of allylic oxidation sites excluding steroid dienone is 1. The number of para-hydroxylation sites is 2. The predicted octanol–water partition coefficient (Wildman–Crippen LogP) is 8.26. The van der Waals surface area contributed by atoms with Gasteiger partial charge in [0.1, 0.15) is 5.52 Å². The van der Waals surface area contributed by atoms with Crippen LogP contribution in [0.2, 0.25) is 5.02 Å². The molecule has 5 rings (SSSR count). The number of hydrogen-bond donors (Lipinski definition) is 0. The number of rotatable bonds is 8. The molecule has 0 aliphatic heterocycles. The summed E-state index contributed by atoms with van der Waals surface area (Å²) in [7, 11) is 0. The molecular formula is C32H29ClN2O2. The van der Waals surface area contributed by atoms with E-state index in [1.54, 1.807) is 6.92 Å². The second-order valence-corrected chi connectivity index (χ2v) is 9.80. The number of amides is 1. The van der Waals surface area contributed by atoms with Gasteiger partial charge >= 0.3 is 0 Å². The van der Waals surface area contributed by atoms with Crippen LogP contribution >= 0.6 is 11.6 Å². The molecule has 0 N–H and O–H groups in total. The van der Waals surface area contributed by atoms with Gasteiger partial charge in [-0.1, -0.05) is 84.4 Å². The Labute approximate surface area is 222 Å². The summed E-state index contributed by atoms with van der Waals surface area (Å²) in [4.78, 5) is 19.3. The summed E-state index contributed by atoms with van der Waals surface area (Å²) in [5.41, 5.74) is 3.79. The van der Waals surface area contributed by atoms with E-state index in [-0.39, 0.29) is 17.9 Å². The first-order chi connectivity index (χ1) is 18.0. The van der Waals surface area contributed by atoms with Gasteiger partial charge in [0.25, 0.3) is 0 Å². The highest BCUT2D eigenvalue weighted by atomic mass is 35.5. The Morgan fingerprint density at radius 2 is 1.70 bits per heavy atom. The molecule has 0 saturated heterocycles. The van der Waals surface area contributed by atoms with Gasteiger partial charge in [-0.2, -0.15) is 0 Å². The number of nitrogens with zero attached hydrogens (tertiary/aromatic N) is 2. The lowest BCUT2D eigenvalue weighted by atomic mass is 9.88. The fourth-order valence-corrected chi connectivity index (χ4v) is 5.00. The van der Waals surface area contributed by atoms with Gasteiger partial charge in [0.2, 0.25) is 11.8 Å². The third-order valence-corrected chi connectivity index (χ3v) is 7.15. The first kappa shape index (κ1) is 24.8. The number of hydrogen-bond acceptors (Lipinski definition) is 3. The Morgan fingerprint density at radius 1 is 0.973 bits per heavy atom. The number of carbonyl (C=O) groups is 1. The third kappa shape index (κ3) is 5.76. The van der Waals surface area contributed by atoms with Crippen LogP contribution in [-0.2, 0) is 11.3 Å². The maximum atomic E-state index is 12.8. The molecule has 0 aliphatic rings. The van der Waals surface area contributed by atoms with Crippen molar-refractivity contribution in [2.24, 2.45) is 0 Å². The minimum absolute atomic E-state index is 0.0211. The molecule has 2 unspecified atom stereocenters. The van der Waals surface area contributed by atoms with Crippen molar-refractivity contribution >= 4 is 45.5 Å². The fourth-order valence-electron chi connectivity index (χ4n) is 4.88. The van der Waals surface area contributed by atoms with Gasteiger partial charge in [0.15, 0.2) is 5.58 Å². The fraction of sp³-hybridized carbons (Fsp3) is 0.188. The van der Waals surface area contributed by atoms with Crippen LogP contribution < -0.4 is 0 Å². The molecule has 4 aromatic carbocycles. The molecule has 0 radical (unpaired) electrons. The van der Waals surface area contributed by atoms with Crippen molar-refractivity contribution in [3.05, 3.63) is 119 Å². The maximum Gasteiger partial charge on any atom is 0.220 e. The predicted molar refractivity (Wildman–Crippen MR) is 151 cm³/mol. The van der Waals surface area contributed by atoms with E-state index in [1.165, 1.54) is 10.8 Å². The SMILES string of the molecule is CC(=O)N(Cc1nc2ccccc2o1)C(C)C(CC=Cc1ccc2ccccc2c1)c1ccc(Cl)cc1. The molecule has 1 heterocycles. The number of halogens is 1. The van der Waals surface area contributed by atoms with Crippen LogP contribution in [0.3, 0.4) is 0 Å². The number of benzene rings is 4. The monoisotopic (exact) mass is 508 g/mol. The normalized spacial score (nSPS) is 13.3. The minimum atomic E-state index is -0.102. The first-order valence-corrected chi connectivity index (χ1v) is 12.9. The Kier molecular flexibility index (Phi) is 7.38. The van der Waals surface area contributed by atoms with Crippen molar-refractivity contribution < 1.29 is 9.21 Å². The van der Waals surface area contributed by atoms with Crippen molar-refractivity contribution in [3.63, 3.8) is 0 Å². The van der Waals surface area contributed by atoms with Crippen LogP contribution in [0.1, 0.15) is 43.2 Å². The lowest BCUT2D eigenvalue weighted by molar-refractivity contribution is -0.132. The Hall–Kier alpha value is -3.89. The highest BCUT2D eigenvalue weighted by molar-refractivity contribution is 6.30. The van der Waals surface area contributed by atoms with E-state index in [4.69, 9.17) is 16.0 Å². The Morgan fingerprint density at radius 3 is 2.46 bits per heavy atom. The average molecular weight is 509 g/mol. The molecule has 1 amide bonds. The van der Waals surface area contributed by atoms with Gasteiger partial charge < -0.3 is 9.32 Å². The topological polar surface area (TPSA) is 46.3 Å². The molecule has 5 heteroatoms. The zero-order chi connectivity index (χ0) is 25.8. The molecule has 4 nitrogen and oxygen atoms in total. The van der Waals surface area contributed by atoms with Crippen LogP contribution in [0.15, 0.2) is 101 Å². The quantitative estimate of drug-likeness (QED) is 0.212. The van der Waals surface area contributed by atoms with Gasteiger partial charge in [0.05, 0.1) is 6.54 Å². The molecule has 0 spiro atoms. The highest BCUT2D eigenvalue weighted by Crippen LogP contribution is 2.30. The first-order valence-electron chi connectivity index (χ1n) is 12.5. The number of oxazole rings is 1.